The average molecular weight is 486 g/mol. The number of thiophene rings is 1. The van der Waals surface area contributed by atoms with E-state index in [1.165, 1.54) is 11.3 Å². The molecule has 30 heavy (non-hydrogen) atoms. The molecular weight excluding hydrogens is 466 g/mol. The van der Waals surface area contributed by atoms with Crippen molar-refractivity contribution < 1.29 is 14.3 Å². The molecule has 2 amide bonds. The second kappa shape index (κ2) is 9.42. The molecule has 8 heteroatoms. The predicted octanol–water partition coefficient (Wildman–Crippen LogP) is 4.85. The zero-order valence-corrected chi connectivity index (χ0v) is 18.5. The third-order valence-corrected chi connectivity index (χ3v) is 6.07. The Labute approximate surface area is 187 Å². The van der Waals surface area contributed by atoms with Crippen LogP contribution in [0.3, 0.4) is 0 Å². The number of hydrogen-bond acceptors (Lipinski definition) is 5. The van der Waals surface area contributed by atoms with Crippen LogP contribution in [0, 0.1) is 0 Å². The number of ether oxygens (including phenoxy) is 1. The van der Waals surface area contributed by atoms with Crippen molar-refractivity contribution in [3.8, 4) is 0 Å². The van der Waals surface area contributed by atoms with Crippen LogP contribution in [-0.2, 0) is 4.74 Å². The number of carbonyl (C=O) groups excluding carboxylic acids is 2. The van der Waals surface area contributed by atoms with Crippen LogP contribution in [0.15, 0.2) is 64.5 Å². The number of rotatable bonds is 5. The zero-order chi connectivity index (χ0) is 20.9. The van der Waals surface area contributed by atoms with Crippen LogP contribution in [0.1, 0.15) is 20.0 Å². The molecule has 154 valence electrons. The van der Waals surface area contributed by atoms with Crippen molar-refractivity contribution in [3.05, 3.63) is 74.9 Å². The van der Waals surface area contributed by atoms with Crippen molar-refractivity contribution in [2.75, 3.05) is 41.8 Å². The fourth-order valence-corrected chi connectivity index (χ4v) is 4.17. The Hall–Kier alpha value is -2.68. The van der Waals surface area contributed by atoms with Gasteiger partial charge in [0.25, 0.3) is 11.8 Å². The molecule has 0 unspecified atom stereocenters. The monoisotopic (exact) mass is 485 g/mol. The van der Waals surface area contributed by atoms with Gasteiger partial charge in [0.15, 0.2) is 0 Å². The van der Waals surface area contributed by atoms with E-state index in [0.29, 0.717) is 29.3 Å². The summed E-state index contributed by atoms with van der Waals surface area (Å²) >= 11 is 4.86. The lowest BCUT2D eigenvalue weighted by molar-refractivity contribution is 0.102. The molecule has 0 radical (unpaired) electrons. The molecule has 2 N–H and O–H groups in total. The topological polar surface area (TPSA) is 70.7 Å². The van der Waals surface area contributed by atoms with Crippen LogP contribution in [-0.4, -0.2) is 38.1 Å². The molecule has 4 rings (SSSR count). The van der Waals surface area contributed by atoms with Gasteiger partial charge in [0, 0.05) is 28.8 Å². The molecule has 1 saturated heterocycles. The summed E-state index contributed by atoms with van der Waals surface area (Å²) in [5.41, 5.74) is 2.86. The minimum atomic E-state index is -0.209. The van der Waals surface area contributed by atoms with Crippen LogP contribution >= 0.6 is 27.3 Å². The summed E-state index contributed by atoms with van der Waals surface area (Å²) in [5.74, 6) is -0.370. The largest absolute Gasteiger partial charge is 0.378 e. The number of benzene rings is 2. The Morgan fingerprint density at radius 3 is 2.43 bits per heavy atom. The highest BCUT2D eigenvalue weighted by atomic mass is 79.9. The highest BCUT2D eigenvalue weighted by Gasteiger charge is 2.17. The van der Waals surface area contributed by atoms with Crippen molar-refractivity contribution in [3.63, 3.8) is 0 Å². The van der Waals surface area contributed by atoms with Gasteiger partial charge in [0.1, 0.15) is 0 Å². The summed E-state index contributed by atoms with van der Waals surface area (Å²) in [6.07, 6.45) is 0. The molecule has 0 bridgehead atoms. The van der Waals surface area contributed by atoms with Crippen molar-refractivity contribution in [1.29, 1.82) is 0 Å². The SMILES string of the molecule is O=C(Nc1cc(Br)ccc1N1CCOCC1)c1ccc(NC(=O)c2cccs2)cc1. The maximum Gasteiger partial charge on any atom is 0.265 e. The number of nitrogens with zero attached hydrogens (tertiary/aromatic N) is 1. The molecule has 1 aromatic heterocycles. The Morgan fingerprint density at radius 2 is 1.73 bits per heavy atom. The maximum absolute atomic E-state index is 12.8. The highest BCUT2D eigenvalue weighted by molar-refractivity contribution is 9.10. The van der Waals surface area contributed by atoms with E-state index in [9.17, 15) is 9.59 Å². The standard InChI is InChI=1S/C22H20BrN3O3S/c23-16-5-8-19(26-9-11-29-12-10-26)18(14-16)25-21(27)15-3-6-17(7-4-15)24-22(28)20-2-1-13-30-20/h1-8,13-14H,9-12H2,(H,24,28)(H,25,27). The lowest BCUT2D eigenvalue weighted by atomic mass is 10.1. The molecule has 3 aromatic rings. The summed E-state index contributed by atoms with van der Waals surface area (Å²) in [5, 5.41) is 7.70. The molecular formula is C22H20BrN3O3S. The number of carbonyl (C=O) groups is 2. The average Bonchev–Trinajstić information content (AvgIpc) is 3.30. The minimum Gasteiger partial charge on any atom is -0.378 e. The Bertz CT molecular complexity index is 1030. The second-order valence-electron chi connectivity index (χ2n) is 6.72. The fourth-order valence-electron chi connectivity index (χ4n) is 3.19. The van der Waals surface area contributed by atoms with E-state index in [2.05, 4.69) is 31.5 Å². The van der Waals surface area contributed by atoms with E-state index in [-0.39, 0.29) is 11.8 Å². The second-order valence-corrected chi connectivity index (χ2v) is 8.59. The molecule has 2 heterocycles. The molecule has 6 nitrogen and oxygen atoms in total. The minimum absolute atomic E-state index is 0.161. The number of nitrogens with one attached hydrogen (secondary N) is 2. The van der Waals surface area contributed by atoms with Gasteiger partial charge in [-0.05, 0) is 53.9 Å². The van der Waals surface area contributed by atoms with Gasteiger partial charge < -0.3 is 20.3 Å². The van der Waals surface area contributed by atoms with Crippen molar-refractivity contribution in [1.82, 2.24) is 0 Å². The van der Waals surface area contributed by atoms with Gasteiger partial charge >= 0.3 is 0 Å². The number of halogens is 1. The van der Waals surface area contributed by atoms with Crippen LogP contribution in [0.25, 0.3) is 0 Å². The van der Waals surface area contributed by atoms with Gasteiger partial charge in [-0.1, -0.05) is 22.0 Å². The first-order chi connectivity index (χ1) is 14.6. The first-order valence-corrected chi connectivity index (χ1v) is 11.2. The number of anilines is 3. The molecule has 0 aliphatic carbocycles. The lowest BCUT2D eigenvalue weighted by Crippen LogP contribution is -2.36. The summed E-state index contributed by atoms with van der Waals surface area (Å²) in [7, 11) is 0. The van der Waals surface area contributed by atoms with Crippen LogP contribution < -0.4 is 15.5 Å². The third-order valence-electron chi connectivity index (χ3n) is 4.71. The van der Waals surface area contributed by atoms with Gasteiger partial charge in [-0.3, -0.25) is 9.59 Å². The molecule has 1 aliphatic heterocycles. The molecule has 1 fully saturated rings. The first kappa shape index (κ1) is 20.6. The van der Waals surface area contributed by atoms with Crippen molar-refractivity contribution in [2.24, 2.45) is 0 Å². The summed E-state index contributed by atoms with van der Waals surface area (Å²) in [4.78, 5) is 27.8. The fraction of sp³-hybridized carbons (Fsp3) is 0.182. The summed E-state index contributed by atoms with van der Waals surface area (Å²) in [6, 6.07) is 16.3. The van der Waals surface area contributed by atoms with Crippen LogP contribution in [0.5, 0.6) is 0 Å². The van der Waals surface area contributed by atoms with Gasteiger partial charge in [-0.25, -0.2) is 0 Å². The molecule has 2 aromatic carbocycles. The van der Waals surface area contributed by atoms with Gasteiger partial charge in [0.05, 0.1) is 29.5 Å². The number of hydrogen-bond donors (Lipinski definition) is 2. The summed E-state index contributed by atoms with van der Waals surface area (Å²) < 4.78 is 6.32. The number of amides is 2. The normalized spacial score (nSPS) is 13.7. The Kier molecular flexibility index (Phi) is 6.47. The molecule has 0 spiro atoms. The van der Waals surface area contributed by atoms with Crippen molar-refractivity contribution >= 4 is 56.1 Å². The van der Waals surface area contributed by atoms with E-state index >= 15 is 0 Å². The highest BCUT2D eigenvalue weighted by Crippen LogP contribution is 2.30. The number of morpholine rings is 1. The van der Waals surface area contributed by atoms with E-state index in [1.807, 2.05) is 29.6 Å². The lowest BCUT2D eigenvalue weighted by Gasteiger charge is -2.30. The van der Waals surface area contributed by atoms with Crippen LogP contribution in [0.4, 0.5) is 17.1 Å². The van der Waals surface area contributed by atoms with Gasteiger partial charge in [-0.2, -0.15) is 0 Å². The molecule has 0 saturated carbocycles. The zero-order valence-electron chi connectivity index (χ0n) is 16.1. The van der Waals surface area contributed by atoms with Gasteiger partial charge in [-0.15, -0.1) is 11.3 Å². The summed E-state index contributed by atoms with van der Waals surface area (Å²) in [6.45, 7) is 2.90. The van der Waals surface area contributed by atoms with Crippen molar-refractivity contribution in [2.45, 2.75) is 0 Å². The Balaban J connectivity index is 1.46. The van der Waals surface area contributed by atoms with E-state index in [0.717, 1.165) is 28.9 Å². The van der Waals surface area contributed by atoms with Crippen LogP contribution in [0.2, 0.25) is 0 Å². The maximum atomic E-state index is 12.8. The Morgan fingerprint density at radius 1 is 0.967 bits per heavy atom. The first-order valence-electron chi connectivity index (χ1n) is 9.49. The third kappa shape index (κ3) is 4.89. The van der Waals surface area contributed by atoms with E-state index < -0.39 is 0 Å². The van der Waals surface area contributed by atoms with Gasteiger partial charge in [0.2, 0.25) is 0 Å². The van der Waals surface area contributed by atoms with E-state index in [1.54, 1.807) is 30.3 Å². The smallest absolute Gasteiger partial charge is 0.265 e. The molecule has 1 aliphatic rings. The predicted molar refractivity (Wildman–Crippen MR) is 124 cm³/mol. The quantitative estimate of drug-likeness (QED) is 0.541. The van der Waals surface area contributed by atoms with E-state index in [4.69, 9.17) is 4.74 Å². The molecule has 0 atom stereocenters.